The third-order valence-corrected chi connectivity index (χ3v) is 3.74. The molecular weight excluding hydrogens is 302 g/mol. The van der Waals surface area contributed by atoms with E-state index in [1.54, 1.807) is 0 Å². The topological polar surface area (TPSA) is 62.1 Å². The summed E-state index contributed by atoms with van der Waals surface area (Å²) >= 11 is 1.20. The molecule has 0 aliphatic rings. The number of aromatic nitrogens is 4. The Labute approximate surface area is 124 Å². The van der Waals surface area contributed by atoms with Crippen molar-refractivity contribution in [1.82, 2.24) is 20.2 Å². The van der Waals surface area contributed by atoms with Crippen molar-refractivity contribution in [2.75, 3.05) is 14.2 Å². The van der Waals surface area contributed by atoms with Crippen molar-refractivity contribution in [2.24, 2.45) is 0 Å². The summed E-state index contributed by atoms with van der Waals surface area (Å²) < 4.78 is 38.3. The Morgan fingerprint density at radius 2 is 2.05 bits per heavy atom. The normalized spacial score (nSPS) is 11.3. The number of benzene rings is 1. The van der Waals surface area contributed by atoms with Crippen molar-refractivity contribution in [3.05, 3.63) is 35.4 Å². The van der Waals surface area contributed by atoms with Crippen molar-refractivity contribution in [3.63, 3.8) is 0 Å². The van der Waals surface area contributed by atoms with E-state index in [0.29, 0.717) is 11.7 Å². The summed E-state index contributed by atoms with van der Waals surface area (Å²) in [6.07, 6.45) is -0.487. The first kappa shape index (κ1) is 15.8. The van der Waals surface area contributed by atoms with Gasteiger partial charge in [0.25, 0.3) is 0 Å². The van der Waals surface area contributed by atoms with Crippen molar-refractivity contribution >= 4 is 11.8 Å². The van der Waals surface area contributed by atoms with Crippen LogP contribution in [0.15, 0.2) is 23.4 Å². The lowest BCUT2D eigenvalue weighted by Crippen LogP contribution is -2.21. The highest BCUT2D eigenvalue weighted by molar-refractivity contribution is 7.98. The van der Waals surface area contributed by atoms with Crippen LogP contribution in [-0.2, 0) is 21.8 Å². The molecule has 0 atom stereocenters. The van der Waals surface area contributed by atoms with Crippen LogP contribution >= 0.6 is 11.8 Å². The van der Waals surface area contributed by atoms with Crippen LogP contribution in [0.2, 0.25) is 0 Å². The quantitative estimate of drug-likeness (QED) is 0.574. The number of halogens is 2. The Bertz CT molecular complexity index is 592. The smallest absolute Gasteiger partial charge is 0.209 e. The molecule has 0 saturated carbocycles. The molecule has 0 aliphatic heterocycles. The van der Waals surface area contributed by atoms with Crippen LogP contribution < -0.4 is 0 Å². The van der Waals surface area contributed by atoms with Gasteiger partial charge in [0.05, 0.1) is 6.54 Å². The summed E-state index contributed by atoms with van der Waals surface area (Å²) in [5.74, 6) is -1.50. The molecule has 0 saturated heterocycles. The third-order valence-electron chi connectivity index (χ3n) is 2.74. The maximum atomic E-state index is 13.6. The largest absolute Gasteiger partial charge is 0.354 e. The average molecular weight is 316 g/mol. The highest BCUT2D eigenvalue weighted by Crippen LogP contribution is 2.23. The molecule has 1 heterocycles. The van der Waals surface area contributed by atoms with Crippen LogP contribution in [0.4, 0.5) is 8.78 Å². The molecule has 2 aromatic rings. The Balaban J connectivity index is 2.04. The van der Waals surface area contributed by atoms with Crippen LogP contribution in [0.5, 0.6) is 0 Å². The molecule has 2 rings (SSSR count). The molecule has 114 valence electrons. The fourth-order valence-electron chi connectivity index (χ4n) is 1.60. The molecule has 0 spiro atoms. The fourth-order valence-corrected chi connectivity index (χ4v) is 2.47. The highest BCUT2D eigenvalue weighted by atomic mass is 32.2. The summed E-state index contributed by atoms with van der Waals surface area (Å²) in [6, 6.07) is 4.06. The van der Waals surface area contributed by atoms with Crippen LogP contribution in [-0.4, -0.2) is 40.7 Å². The molecule has 9 heteroatoms. The minimum atomic E-state index is -0.869. The number of nitrogens with zero attached hydrogens (tertiary/aromatic N) is 4. The van der Waals surface area contributed by atoms with Gasteiger partial charge in [-0.3, -0.25) is 0 Å². The minimum absolute atomic E-state index is 0.217. The molecule has 0 unspecified atom stereocenters. The second-order valence-electron chi connectivity index (χ2n) is 4.05. The number of tetrazole rings is 1. The predicted octanol–water partition coefficient (Wildman–Crippen LogP) is 1.86. The summed E-state index contributed by atoms with van der Waals surface area (Å²) in [4.78, 5) is 0. The van der Waals surface area contributed by atoms with E-state index in [2.05, 4.69) is 15.5 Å². The molecule has 0 radical (unpaired) electrons. The van der Waals surface area contributed by atoms with Gasteiger partial charge in [-0.15, -0.1) is 5.10 Å². The van der Waals surface area contributed by atoms with Crippen molar-refractivity contribution < 1.29 is 18.3 Å². The standard InChI is InChI=1S/C12H14F2N4O2S/c1-19-10(20-2)6-18-12(15-16-17-18)21-7-8-4-3-5-9(13)11(8)14/h3-5,10H,6-7H2,1-2H3. The van der Waals surface area contributed by atoms with Gasteiger partial charge in [0.2, 0.25) is 5.16 Å². The number of ether oxygens (including phenoxy) is 2. The maximum absolute atomic E-state index is 13.6. The molecule has 1 aromatic heterocycles. The van der Waals surface area contributed by atoms with E-state index < -0.39 is 17.9 Å². The zero-order valence-corrected chi connectivity index (χ0v) is 12.3. The molecule has 1 aromatic carbocycles. The van der Waals surface area contributed by atoms with Gasteiger partial charge in [-0.05, 0) is 16.5 Å². The van der Waals surface area contributed by atoms with Gasteiger partial charge in [0.1, 0.15) is 0 Å². The fraction of sp³-hybridized carbons (Fsp3) is 0.417. The summed E-state index contributed by atoms with van der Waals surface area (Å²) in [5, 5.41) is 11.7. The van der Waals surface area contributed by atoms with E-state index in [0.717, 1.165) is 6.07 Å². The third kappa shape index (κ3) is 3.96. The Morgan fingerprint density at radius 1 is 1.29 bits per heavy atom. The van der Waals surface area contributed by atoms with Gasteiger partial charge >= 0.3 is 0 Å². The van der Waals surface area contributed by atoms with Crippen LogP contribution in [0, 0.1) is 11.6 Å². The van der Waals surface area contributed by atoms with E-state index in [1.165, 1.54) is 42.8 Å². The number of hydrogen-bond acceptors (Lipinski definition) is 6. The van der Waals surface area contributed by atoms with E-state index >= 15 is 0 Å². The Kier molecular flexibility index (Phi) is 5.59. The molecule has 21 heavy (non-hydrogen) atoms. The monoisotopic (exact) mass is 316 g/mol. The Hall–Kier alpha value is -1.58. The van der Waals surface area contributed by atoms with Gasteiger partial charge in [0.15, 0.2) is 17.9 Å². The molecule has 0 fully saturated rings. The van der Waals surface area contributed by atoms with E-state index in [9.17, 15) is 8.78 Å². The lowest BCUT2D eigenvalue weighted by Gasteiger charge is -2.13. The number of thioether (sulfide) groups is 1. The first-order chi connectivity index (χ1) is 10.2. The number of rotatable bonds is 7. The lowest BCUT2D eigenvalue weighted by molar-refractivity contribution is -0.113. The first-order valence-corrected chi connectivity index (χ1v) is 7.01. The van der Waals surface area contributed by atoms with Crippen molar-refractivity contribution in [2.45, 2.75) is 23.7 Å². The van der Waals surface area contributed by atoms with Crippen molar-refractivity contribution in [1.29, 1.82) is 0 Å². The Morgan fingerprint density at radius 3 is 2.76 bits per heavy atom. The summed E-state index contributed by atoms with van der Waals surface area (Å²) in [5.41, 5.74) is 0.254. The molecule has 6 nitrogen and oxygen atoms in total. The number of methoxy groups -OCH3 is 2. The lowest BCUT2D eigenvalue weighted by atomic mass is 10.2. The van der Waals surface area contributed by atoms with Gasteiger partial charge in [-0.25, -0.2) is 13.5 Å². The number of hydrogen-bond donors (Lipinski definition) is 0. The zero-order chi connectivity index (χ0) is 15.2. The maximum Gasteiger partial charge on any atom is 0.209 e. The van der Waals surface area contributed by atoms with E-state index in [1.807, 2.05) is 0 Å². The van der Waals surface area contributed by atoms with Gasteiger partial charge < -0.3 is 9.47 Å². The second kappa shape index (κ2) is 7.43. The van der Waals surface area contributed by atoms with Gasteiger partial charge in [-0.2, -0.15) is 0 Å². The van der Waals surface area contributed by atoms with Crippen LogP contribution in [0.25, 0.3) is 0 Å². The summed E-state index contributed by atoms with van der Waals surface area (Å²) in [6.45, 7) is 0.300. The predicted molar refractivity (Wildman–Crippen MR) is 71.5 cm³/mol. The van der Waals surface area contributed by atoms with Crippen molar-refractivity contribution in [3.8, 4) is 0 Å². The molecule has 0 N–H and O–H groups in total. The van der Waals surface area contributed by atoms with Gasteiger partial charge in [-0.1, -0.05) is 23.9 Å². The van der Waals surface area contributed by atoms with Crippen LogP contribution in [0.1, 0.15) is 5.56 Å². The summed E-state index contributed by atoms with van der Waals surface area (Å²) in [7, 11) is 3.01. The van der Waals surface area contributed by atoms with Gasteiger partial charge in [0, 0.05) is 25.5 Å². The average Bonchev–Trinajstić information content (AvgIpc) is 2.93. The van der Waals surface area contributed by atoms with Crippen LogP contribution in [0.3, 0.4) is 0 Å². The first-order valence-electron chi connectivity index (χ1n) is 6.03. The molecule has 0 amide bonds. The van der Waals surface area contributed by atoms with E-state index in [-0.39, 0.29) is 11.3 Å². The zero-order valence-electron chi connectivity index (χ0n) is 11.5. The molecule has 0 aliphatic carbocycles. The van der Waals surface area contributed by atoms with E-state index in [4.69, 9.17) is 9.47 Å². The molecule has 0 bridgehead atoms. The molecular formula is C12H14F2N4O2S. The second-order valence-corrected chi connectivity index (χ2v) is 4.99. The SMILES string of the molecule is COC(Cn1nnnc1SCc1cccc(F)c1F)OC. The highest BCUT2D eigenvalue weighted by Gasteiger charge is 2.14. The minimum Gasteiger partial charge on any atom is -0.354 e.